The van der Waals surface area contributed by atoms with Crippen molar-refractivity contribution < 1.29 is 9.47 Å². The molecule has 3 heteroatoms. The zero-order valence-corrected chi connectivity index (χ0v) is 15.9. The Hall–Kier alpha value is -2.10. The Morgan fingerprint density at radius 3 is 2.59 bits per heavy atom. The first-order chi connectivity index (χ1) is 13.3. The standard InChI is InChI=1S/C24H27NO2/c1-17-23(19-11-7-14-26-24-20(19)13-15-27-24)21-10-5-6-12-22(21)25(17)16-18-8-3-2-4-9-18/h2-6,8-10,12,19-20,24H,7,11,13-16H2,1H3/t19-,20+,24+/m0/s1. The Kier molecular flexibility index (Phi) is 4.50. The summed E-state index contributed by atoms with van der Waals surface area (Å²) in [6.07, 6.45) is 3.38. The van der Waals surface area contributed by atoms with Gasteiger partial charge in [-0.3, -0.25) is 0 Å². The van der Waals surface area contributed by atoms with E-state index in [1.54, 1.807) is 0 Å². The summed E-state index contributed by atoms with van der Waals surface area (Å²) in [6.45, 7) is 4.86. The first-order valence-corrected chi connectivity index (χ1v) is 10.2. The van der Waals surface area contributed by atoms with Crippen LogP contribution >= 0.6 is 0 Å². The van der Waals surface area contributed by atoms with E-state index in [0.717, 1.165) is 32.6 Å². The first-order valence-electron chi connectivity index (χ1n) is 10.2. The fraction of sp³-hybridized carbons (Fsp3) is 0.417. The van der Waals surface area contributed by atoms with Gasteiger partial charge in [-0.25, -0.2) is 0 Å². The second-order valence-corrected chi connectivity index (χ2v) is 7.90. The number of hydrogen-bond donors (Lipinski definition) is 0. The minimum atomic E-state index is -0.0202. The van der Waals surface area contributed by atoms with Crippen LogP contribution in [0, 0.1) is 12.8 Å². The molecule has 3 atom stereocenters. The largest absolute Gasteiger partial charge is 0.352 e. The summed E-state index contributed by atoms with van der Waals surface area (Å²) in [5.41, 5.74) is 5.61. The smallest absolute Gasteiger partial charge is 0.161 e. The van der Waals surface area contributed by atoms with Crippen molar-refractivity contribution in [2.45, 2.75) is 44.9 Å². The predicted molar refractivity (Wildman–Crippen MR) is 108 cm³/mol. The highest BCUT2D eigenvalue weighted by Gasteiger charge is 2.39. The van der Waals surface area contributed by atoms with Crippen LogP contribution in [-0.4, -0.2) is 24.1 Å². The van der Waals surface area contributed by atoms with Crippen molar-refractivity contribution >= 4 is 10.9 Å². The Morgan fingerprint density at radius 2 is 1.70 bits per heavy atom. The Balaban J connectivity index is 1.63. The van der Waals surface area contributed by atoms with E-state index in [1.807, 2.05) is 0 Å². The number of rotatable bonds is 3. The molecule has 140 valence electrons. The third kappa shape index (κ3) is 2.99. The lowest BCUT2D eigenvalue weighted by molar-refractivity contribution is -0.126. The van der Waals surface area contributed by atoms with E-state index in [9.17, 15) is 0 Å². The lowest BCUT2D eigenvalue weighted by Gasteiger charge is -2.25. The molecule has 2 saturated heterocycles. The Labute approximate surface area is 160 Å². The summed E-state index contributed by atoms with van der Waals surface area (Å²) < 4.78 is 14.4. The van der Waals surface area contributed by atoms with Gasteiger partial charge in [0.15, 0.2) is 6.29 Å². The van der Waals surface area contributed by atoms with Crippen molar-refractivity contribution in [2.24, 2.45) is 5.92 Å². The molecule has 0 spiro atoms. The zero-order valence-electron chi connectivity index (χ0n) is 15.9. The molecule has 0 saturated carbocycles. The molecule has 3 nitrogen and oxygen atoms in total. The highest BCUT2D eigenvalue weighted by atomic mass is 16.7. The molecular weight excluding hydrogens is 334 g/mol. The molecule has 2 fully saturated rings. The van der Waals surface area contributed by atoms with E-state index >= 15 is 0 Å². The fourth-order valence-electron chi connectivity index (χ4n) is 5.11. The van der Waals surface area contributed by atoms with Crippen LogP contribution in [0.25, 0.3) is 10.9 Å². The van der Waals surface area contributed by atoms with E-state index < -0.39 is 0 Å². The van der Waals surface area contributed by atoms with Crippen molar-refractivity contribution in [3.05, 3.63) is 71.4 Å². The van der Waals surface area contributed by atoms with Crippen LogP contribution < -0.4 is 0 Å². The van der Waals surface area contributed by atoms with Gasteiger partial charge in [0.2, 0.25) is 0 Å². The average molecular weight is 361 g/mol. The zero-order chi connectivity index (χ0) is 18.2. The summed E-state index contributed by atoms with van der Waals surface area (Å²) in [7, 11) is 0. The molecule has 0 N–H and O–H groups in total. The van der Waals surface area contributed by atoms with Crippen molar-refractivity contribution in [1.29, 1.82) is 0 Å². The molecule has 27 heavy (non-hydrogen) atoms. The number of para-hydroxylation sites is 1. The molecular formula is C24H27NO2. The number of nitrogens with zero attached hydrogens (tertiary/aromatic N) is 1. The van der Waals surface area contributed by atoms with Gasteiger partial charge in [-0.15, -0.1) is 0 Å². The van der Waals surface area contributed by atoms with Crippen LogP contribution in [0.5, 0.6) is 0 Å². The van der Waals surface area contributed by atoms with Crippen LogP contribution in [0.2, 0.25) is 0 Å². The highest BCUT2D eigenvalue weighted by molar-refractivity contribution is 5.86. The predicted octanol–water partition coefficient (Wildman–Crippen LogP) is 5.25. The molecule has 0 bridgehead atoms. The first kappa shape index (κ1) is 17.0. The minimum Gasteiger partial charge on any atom is -0.352 e. The Bertz CT molecular complexity index is 930. The summed E-state index contributed by atoms with van der Waals surface area (Å²) in [5, 5.41) is 1.41. The maximum atomic E-state index is 6.00. The van der Waals surface area contributed by atoms with Crippen LogP contribution in [0.3, 0.4) is 0 Å². The summed E-state index contributed by atoms with van der Waals surface area (Å²) >= 11 is 0. The number of ether oxygens (including phenoxy) is 2. The molecule has 2 aliphatic heterocycles. The van der Waals surface area contributed by atoms with Crippen LogP contribution in [0.1, 0.15) is 42.0 Å². The summed E-state index contributed by atoms with van der Waals surface area (Å²) in [5.74, 6) is 0.990. The molecule has 0 aliphatic carbocycles. The maximum Gasteiger partial charge on any atom is 0.161 e. The van der Waals surface area contributed by atoms with Gasteiger partial charge in [0, 0.05) is 35.7 Å². The van der Waals surface area contributed by atoms with E-state index in [-0.39, 0.29) is 6.29 Å². The number of benzene rings is 2. The lowest BCUT2D eigenvalue weighted by Crippen LogP contribution is -2.23. The van der Waals surface area contributed by atoms with Gasteiger partial charge in [-0.2, -0.15) is 0 Å². The molecule has 0 amide bonds. The van der Waals surface area contributed by atoms with Gasteiger partial charge >= 0.3 is 0 Å². The van der Waals surface area contributed by atoms with E-state index in [1.165, 1.54) is 34.1 Å². The summed E-state index contributed by atoms with van der Waals surface area (Å²) in [6, 6.07) is 19.7. The second kappa shape index (κ2) is 7.14. The van der Waals surface area contributed by atoms with Crippen molar-refractivity contribution in [3.8, 4) is 0 Å². The van der Waals surface area contributed by atoms with Gasteiger partial charge in [-0.05, 0) is 49.3 Å². The number of aromatic nitrogens is 1. The topological polar surface area (TPSA) is 23.4 Å². The average Bonchev–Trinajstić information content (AvgIpc) is 3.21. The van der Waals surface area contributed by atoms with E-state index in [0.29, 0.717) is 11.8 Å². The van der Waals surface area contributed by atoms with Crippen LogP contribution in [-0.2, 0) is 16.0 Å². The van der Waals surface area contributed by atoms with Gasteiger partial charge in [0.1, 0.15) is 0 Å². The van der Waals surface area contributed by atoms with Crippen LogP contribution in [0.4, 0.5) is 0 Å². The minimum absolute atomic E-state index is 0.0202. The molecule has 0 unspecified atom stereocenters. The van der Waals surface area contributed by atoms with Gasteiger partial charge < -0.3 is 14.0 Å². The molecule has 1 aromatic heterocycles. The lowest BCUT2D eigenvalue weighted by atomic mass is 9.80. The number of hydrogen-bond acceptors (Lipinski definition) is 2. The normalized spacial score (nSPS) is 25.4. The van der Waals surface area contributed by atoms with Gasteiger partial charge in [-0.1, -0.05) is 48.5 Å². The third-order valence-electron chi connectivity index (χ3n) is 6.38. The molecule has 3 heterocycles. The SMILES string of the molecule is Cc1c([C@H]2CCCO[C@@H]3OCC[C@@H]32)c2ccccc2n1Cc1ccccc1. The van der Waals surface area contributed by atoms with Crippen molar-refractivity contribution in [3.63, 3.8) is 0 Å². The molecule has 2 aliphatic rings. The van der Waals surface area contributed by atoms with Crippen molar-refractivity contribution in [1.82, 2.24) is 4.57 Å². The van der Waals surface area contributed by atoms with Crippen LogP contribution in [0.15, 0.2) is 54.6 Å². The highest BCUT2D eigenvalue weighted by Crippen LogP contribution is 2.45. The fourth-order valence-corrected chi connectivity index (χ4v) is 5.11. The molecule has 0 radical (unpaired) electrons. The van der Waals surface area contributed by atoms with Gasteiger partial charge in [0.05, 0.1) is 6.61 Å². The van der Waals surface area contributed by atoms with E-state index in [4.69, 9.17) is 9.47 Å². The number of fused-ring (bicyclic) bond motifs is 2. The quantitative estimate of drug-likeness (QED) is 0.636. The summed E-state index contributed by atoms with van der Waals surface area (Å²) in [4.78, 5) is 0. The van der Waals surface area contributed by atoms with Crippen molar-refractivity contribution in [2.75, 3.05) is 13.2 Å². The molecule has 2 aromatic carbocycles. The maximum absolute atomic E-state index is 6.00. The van der Waals surface area contributed by atoms with Gasteiger partial charge in [0.25, 0.3) is 0 Å². The molecule has 5 rings (SSSR count). The monoisotopic (exact) mass is 361 g/mol. The third-order valence-corrected chi connectivity index (χ3v) is 6.38. The second-order valence-electron chi connectivity index (χ2n) is 7.90. The Morgan fingerprint density at radius 1 is 0.926 bits per heavy atom. The molecule has 3 aromatic rings. The van der Waals surface area contributed by atoms with E-state index in [2.05, 4.69) is 66.1 Å².